The van der Waals surface area contributed by atoms with E-state index in [1.807, 2.05) is 24.3 Å². The maximum Gasteiger partial charge on any atom is 0.241 e. The smallest absolute Gasteiger partial charge is 0.241 e. The summed E-state index contributed by atoms with van der Waals surface area (Å²) in [6.07, 6.45) is 0.294. The lowest BCUT2D eigenvalue weighted by atomic mass is 10.0. The van der Waals surface area contributed by atoms with Crippen LogP contribution in [0.25, 0.3) is 11.0 Å². The van der Waals surface area contributed by atoms with E-state index in [-0.39, 0.29) is 11.3 Å². The Labute approximate surface area is 210 Å². The summed E-state index contributed by atoms with van der Waals surface area (Å²) in [5.74, 6) is 0.0804. The number of carbonyl (C=O) groups is 1. The molecule has 2 heterocycles. The number of carbonyl (C=O) groups excluding carboxylic acids is 1. The number of nitrogens with zero attached hydrogens (tertiary/aromatic N) is 1. The molecule has 36 heavy (non-hydrogen) atoms. The van der Waals surface area contributed by atoms with Gasteiger partial charge in [-0.05, 0) is 48.2 Å². The number of benzene rings is 3. The van der Waals surface area contributed by atoms with Gasteiger partial charge in [-0.15, -0.1) is 10.8 Å². The second-order valence-corrected chi connectivity index (χ2v) is 12.5. The number of imidazole rings is 1. The largest absolute Gasteiger partial charge is 0.341 e. The molecule has 1 unspecified atom stereocenters. The van der Waals surface area contributed by atoms with Crippen molar-refractivity contribution < 1.29 is 22.3 Å². The van der Waals surface area contributed by atoms with Crippen LogP contribution in [0.5, 0.6) is 0 Å². The SMILES string of the molecule is Cc1ccccc1S(=O)(=O)N[C@@H](Cc1ccc(C2CC(=O)NS2(O)O)cc1)c1nc2ccccc2[nH]1. The van der Waals surface area contributed by atoms with E-state index in [2.05, 4.69) is 19.4 Å². The molecule has 1 aliphatic heterocycles. The first kappa shape index (κ1) is 24.5. The second kappa shape index (κ2) is 9.34. The fourth-order valence-corrected chi connectivity index (χ4v) is 7.34. The van der Waals surface area contributed by atoms with Gasteiger partial charge in [0.1, 0.15) is 11.1 Å². The molecule has 3 aromatic carbocycles. The van der Waals surface area contributed by atoms with E-state index < -0.39 is 38.0 Å². The van der Waals surface area contributed by atoms with Gasteiger partial charge >= 0.3 is 0 Å². The van der Waals surface area contributed by atoms with Gasteiger partial charge in [0, 0.05) is 0 Å². The summed E-state index contributed by atoms with van der Waals surface area (Å²) in [7, 11) is -7.11. The quantitative estimate of drug-likeness (QED) is 0.242. The summed E-state index contributed by atoms with van der Waals surface area (Å²) in [6.45, 7) is 1.75. The van der Waals surface area contributed by atoms with Crippen LogP contribution in [0, 0.1) is 6.92 Å². The number of rotatable bonds is 7. The number of para-hydroxylation sites is 2. The molecule has 1 saturated heterocycles. The van der Waals surface area contributed by atoms with Crippen molar-refractivity contribution in [1.82, 2.24) is 19.4 Å². The average molecular weight is 527 g/mol. The summed E-state index contributed by atoms with van der Waals surface area (Å²) >= 11 is 0. The summed E-state index contributed by atoms with van der Waals surface area (Å²) in [6, 6.07) is 20.6. The van der Waals surface area contributed by atoms with Crippen LogP contribution in [-0.2, 0) is 21.2 Å². The minimum atomic E-state index is -3.86. The van der Waals surface area contributed by atoms with Crippen LogP contribution in [0.2, 0.25) is 0 Å². The zero-order valence-corrected chi connectivity index (χ0v) is 21.0. The zero-order valence-electron chi connectivity index (χ0n) is 19.4. The molecule has 1 aliphatic rings. The molecule has 0 spiro atoms. The summed E-state index contributed by atoms with van der Waals surface area (Å²) in [5.41, 5.74) is 3.60. The monoisotopic (exact) mass is 526 g/mol. The Morgan fingerprint density at radius 2 is 1.75 bits per heavy atom. The first-order valence-corrected chi connectivity index (χ1v) is 14.4. The number of amides is 1. The van der Waals surface area contributed by atoms with Gasteiger partial charge in [0.2, 0.25) is 15.9 Å². The van der Waals surface area contributed by atoms with Crippen LogP contribution in [0.15, 0.2) is 77.7 Å². The van der Waals surface area contributed by atoms with Gasteiger partial charge in [-0.2, -0.15) is 0 Å². The molecule has 4 aromatic rings. The van der Waals surface area contributed by atoms with Gasteiger partial charge in [0.05, 0.1) is 28.4 Å². The topological polar surface area (TPSA) is 144 Å². The molecule has 2 atom stereocenters. The predicted octanol–water partition coefficient (Wildman–Crippen LogP) is 4.36. The number of hydrogen-bond acceptors (Lipinski definition) is 6. The van der Waals surface area contributed by atoms with Crippen molar-refractivity contribution in [3.63, 3.8) is 0 Å². The van der Waals surface area contributed by atoms with Crippen LogP contribution < -0.4 is 9.44 Å². The number of hydrogen-bond donors (Lipinski definition) is 5. The number of aryl methyl sites for hydroxylation is 1. The van der Waals surface area contributed by atoms with Crippen LogP contribution >= 0.6 is 10.8 Å². The van der Waals surface area contributed by atoms with E-state index in [1.165, 1.54) is 0 Å². The summed E-state index contributed by atoms with van der Waals surface area (Å²) in [5, 5.41) is -0.718. The summed E-state index contributed by atoms with van der Waals surface area (Å²) < 4.78 is 52.1. The van der Waals surface area contributed by atoms with Crippen LogP contribution in [-0.4, -0.2) is 33.4 Å². The third-order valence-corrected chi connectivity index (χ3v) is 9.63. The lowest BCUT2D eigenvalue weighted by Crippen LogP contribution is -2.31. The fraction of sp³-hybridized carbons (Fsp3) is 0.200. The maximum absolute atomic E-state index is 13.3. The molecule has 0 saturated carbocycles. The van der Waals surface area contributed by atoms with Gasteiger partial charge in [0.25, 0.3) is 0 Å². The number of H-pyrrole nitrogens is 1. The maximum atomic E-state index is 13.3. The van der Waals surface area contributed by atoms with Crippen molar-refractivity contribution >= 4 is 37.7 Å². The molecule has 5 rings (SSSR count). The Bertz CT molecular complexity index is 1500. The standard InChI is InChI=1S/C25H26N4O5S2/c1-16-6-2-5-9-22(16)35(31,32)28-21(25-26-19-7-3-4-8-20(19)27-25)14-17-10-12-18(13-11-17)23-15-24(30)29-36(23,33)34/h2-13,21,23,28,33-34H,14-15H2,1H3,(H,26,27)(H,29,30)/t21-,23?/m0/s1. The van der Waals surface area contributed by atoms with Gasteiger partial charge in [-0.25, -0.2) is 18.1 Å². The Hall–Kier alpha value is -3.22. The molecule has 0 aliphatic carbocycles. The van der Waals surface area contributed by atoms with Crippen molar-refractivity contribution in [2.75, 3.05) is 0 Å². The van der Waals surface area contributed by atoms with Crippen molar-refractivity contribution in [2.45, 2.75) is 36.0 Å². The van der Waals surface area contributed by atoms with Crippen molar-refractivity contribution in [2.24, 2.45) is 0 Å². The lowest BCUT2D eigenvalue weighted by molar-refractivity contribution is -0.118. The zero-order chi connectivity index (χ0) is 25.5. The highest BCUT2D eigenvalue weighted by Crippen LogP contribution is 2.56. The number of fused-ring (bicyclic) bond motifs is 1. The van der Waals surface area contributed by atoms with Gasteiger partial charge in [-0.1, -0.05) is 54.6 Å². The normalized spacial score (nSPS) is 19.2. The molecule has 9 nitrogen and oxygen atoms in total. The second-order valence-electron chi connectivity index (χ2n) is 8.84. The Kier molecular flexibility index (Phi) is 6.35. The van der Waals surface area contributed by atoms with E-state index in [9.17, 15) is 22.3 Å². The first-order chi connectivity index (χ1) is 17.1. The highest BCUT2D eigenvalue weighted by Gasteiger charge is 2.38. The summed E-state index contributed by atoms with van der Waals surface area (Å²) in [4.78, 5) is 19.7. The molecule has 0 bridgehead atoms. The third-order valence-electron chi connectivity index (χ3n) is 6.24. The Morgan fingerprint density at radius 3 is 2.42 bits per heavy atom. The van der Waals surface area contributed by atoms with Crippen molar-refractivity contribution in [1.29, 1.82) is 0 Å². The highest BCUT2D eigenvalue weighted by atomic mass is 32.3. The number of aromatic amines is 1. The van der Waals surface area contributed by atoms with E-state index in [4.69, 9.17) is 0 Å². The van der Waals surface area contributed by atoms with E-state index >= 15 is 0 Å². The van der Waals surface area contributed by atoms with Crippen molar-refractivity contribution in [3.8, 4) is 0 Å². The van der Waals surface area contributed by atoms with Crippen LogP contribution in [0.3, 0.4) is 0 Å². The first-order valence-electron chi connectivity index (χ1n) is 11.3. The Morgan fingerprint density at radius 1 is 1.06 bits per heavy atom. The van der Waals surface area contributed by atoms with Crippen LogP contribution in [0.4, 0.5) is 0 Å². The van der Waals surface area contributed by atoms with E-state index in [0.29, 0.717) is 23.4 Å². The third kappa shape index (κ3) is 4.88. The minimum absolute atomic E-state index is 0.000481. The van der Waals surface area contributed by atoms with Gasteiger partial charge in [-0.3, -0.25) is 18.6 Å². The molecule has 188 valence electrons. The van der Waals surface area contributed by atoms with E-state index in [0.717, 1.165) is 16.6 Å². The van der Waals surface area contributed by atoms with Gasteiger partial charge in [0.15, 0.2) is 0 Å². The predicted molar refractivity (Wildman–Crippen MR) is 139 cm³/mol. The molecule has 1 fully saturated rings. The minimum Gasteiger partial charge on any atom is -0.341 e. The average Bonchev–Trinajstić information content (AvgIpc) is 3.38. The molecular weight excluding hydrogens is 500 g/mol. The number of sulfonamides is 1. The molecule has 5 N–H and O–H groups in total. The van der Waals surface area contributed by atoms with Crippen LogP contribution in [0.1, 0.15) is 40.2 Å². The lowest BCUT2D eigenvalue weighted by Gasteiger charge is -2.32. The Balaban J connectivity index is 1.46. The van der Waals surface area contributed by atoms with Gasteiger partial charge < -0.3 is 4.98 Å². The molecule has 0 radical (unpaired) electrons. The number of nitrogens with one attached hydrogen (secondary N) is 3. The highest BCUT2D eigenvalue weighted by molar-refractivity contribution is 8.23. The van der Waals surface area contributed by atoms with Crippen molar-refractivity contribution in [3.05, 3.63) is 95.3 Å². The number of aromatic nitrogens is 2. The fourth-order valence-electron chi connectivity index (χ4n) is 4.42. The van der Waals surface area contributed by atoms with E-state index in [1.54, 1.807) is 55.5 Å². The molecule has 1 aromatic heterocycles. The molecule has 11 heteroatoms. The molecular formula is C25H26N4O5S2. The molecule has 1 amide bonds.